The fourth-order valence-electron chi connectivity index (χ4n) is 3.87. The topological polar surface area (TPSA) is 63.1 Å². The van der Waals surface area contributed by atoms with Crippen molar-refractivity contribution in [1.29, 1.82) is 0 Å². The largest absolute Gasteiger partial charge is 0.356 e. The number of para-hydroxylation sites is 1. The number of amides is 1. The zero-order valence-corrected chi connectivity index (χ0v) is 15.2. The second kappa shape index (κ2) is 6.68. The molecule has 2 aromatic heterocycles. The van der Waals surface area contributed by atoms with Gasteiger partial charge in [0.15, 0.2) is 0 Å². The third kappa shape index (κ3) is 3.27. The first-order valence-corrected chi connectivity index (χ1v) is 9.72. The maximum absolute atomic E-state index is 12.5. The molecule has 6 nitrogen and oxygen atoms in total. The molecule has 1 aromatic carbocycles. The van der Waals surface area contributed by atoms with Gasteiger partial charge in [-0.05, 0) is 43.2 Å². The van der Waals surface area contributed by atoms with E-state index in [4.69, 9.17) is 0 Å². The van der Waals surface area contributed by atoms with E-state index in [1.807, 2.05) is 24.4 Å². The highest BCUT2D eigenvalue weighted by molar-refractivity contribution is 5.82. The minimum absolute atomic E-state index is 0.0465. The predicted octanol–water partition coefficient (Wildman–Crippen LogP) is 2.92. The van der Waals surface area contributed by atoms with Crippen LogP contribution in [0.25, 0.3) is 16.7 Å². The second-order valence-electron chi connectivity index (χ2n) is 7.55. The standard InChI is InChI=1S/C21H23N5O/c27-21(24-17-7-8-17)16-5-3-10-25(13-16)19-12-20(23-14-22-19)26-11-9-15-4-1-2-6-18(15)26/h1-2,4,6,9,11-12,14,16-17H,3,5,7-8,10,13H2,(H,24,27)/t16-/m1/s1. The summed E-state index contributed by atoms with van der Waals surface area (Å²) in [5.74, 6) is 1.99. The van der Waals surface area contributed by atoms with E-state index in [0.29, 0.717) is 6.04 Å². The zero-order chi connectivity index (χ0) is 18.2. The van der Waals surface area contributed by atoms with Gasteiger partial charge in [-0.3, -0.25) is 4.79 Å². The Morgan fingerprint density at radius 2 is 1.93 bits per heavy atom. The highest BCUT2D eigenvalue weighted by atomic mass is 16.2. The number of carbonyl (C=O) groups is 1. The number of nitrogens with zero attached hydrogens (tertiary/aromatic N) is 4. The van der Waals surface area contributed by atoms with Crippen LogP contribution in [0.2, 0.25) is 0 Å². The molecule has 5 rings (SSSR count). The van der Waals surface area contributed by atoms with Gasteiger partial charge in [0, 0.05) is 31.4 Å². The van der Waals surface area contributed by atoms with E-state index < -0.39 is 0 Å². The fraction of sp³-hybridized carbons (Fsp3) is 0.381. The lowest BCUT2D eigenvalue weighted by molar-refractivity contribution is -0.125. The molecule has 1 aliphatic heterocycles. The molecule has 6 heteroatoms. The molecular formula is C21H23N5O. The molecule has 2 aliphatic rings. The molecule has 138 valence electrons. The van der Waals surface area contributed by atoms with Gasteiger partial charge < -0.3 is 14.8 Å². The average Bonchev–Trinajstić information content (AvgIpc) is 3.43. The van der Waals surface area contributed by atoms with Gasteiger partial charge in [-0.15, -0.1) is 0 Å². The molecule has 2 fully saturated rings. The third-order valence-electron chi connectivity index (χ3n) is 5.52. The maximum atomic E-state index is 12.5. The molecule has 27 heavy (non-hydrogen) atoms. The molecule has 0 spiro atoms. The molecule has 1 saturated carbocycles. The van der Waals surface area contributed by atoms with Gasteiger partial charge in [0.1, 0.15) is 18.0 Å². The summed E-state index contributed by atoms with van der Waals surface area (Å²) in [6.07, 6.45) is 7.88. The number of benzene rings is 1. The Morgan fingerprint density at radius 1 is 1.07 bits per heavy atom. The minimum Gasteiger partial charge on any atom is -0.356 e. The van der Waals surface area contributed by atoms with Crippen molar-refractivity contribution in [2.24, 2.45) is 5.92 Å². The number of hydrogen-bond acceptors (Lipinski definition) is 4. The number of nitrogens with one attached hydrogen (secondary N) is 1. The van der Waals surface area contributed by atoms with Crippen molar-refractivity contribution < 1.29 is 4.79 Å². The number of piperidine rings is 1. The van der Waals surface area contributed by atoms with Crippen LogP contribution in [-0.4, -0.2) is 39.6 Å². The van der Waals surface area contributed by atoms with Crippen molar-refractivity contribution in [2.45, 2.75) is 31.7 Å². The number of anilines is 1. The fourth-order valence-corrected chi connectivity index (χ4v) is 3.87. The van der Waals surface area contributed by atoms with E-state index in [1.54, 1.807) is 6.33 Å². The first-order valence-electron chi connectivity index (χ1n) is 9.72. The Labute approximate surface area is 158 Å². The quantitative estimate of drug-likeness (QED) is 0.776. The Morgan fingerprint density at radius 3 is 2.81 bits per heavy atom. The Kier molecular flexibility index (Phi) is 4.03. The molecule has 0 unspecified atom stereocenters. The molecule has 1 amide bonds. The third-order valence-corrected chi connectivity index (χ3v) is 5.52. The zero-order valence-electron chi connectivity index (χ0n) is 15.2. The molecule has 1 aliphatic carbocycles. The lowest BCUT2D eigenvalue weighted by Crippen LogP contribution is -2.44. The normalized spacial score (nSPS) is 20.0. The van der Waals surface area contributed by atoms with Crippen molar-refractivity contribution in [1.82, 2.24) is 19.9 Å². The summed E-state index contributed by atoms with van der Waals surface area (Å²) in [4.78, 5) is 23.6. The van der Waals surface area contributed by atoms with E-state index in [2.05, 4.69) is 43.0 Å². The molecule has 3 aromatic rings. The SMILES string of the molecule is O=C(NC1CC1)[C@@H]1CCCN(c2cc(-n3ccc4ccccc43)ncn2)C1. The highest BCUT2D eigenvalue weighted by Crippen LogP contribution is 2.26. The van der Waals surface area contributed by atoms with Crippen molar-refractivity contribution in [2.75, 3.05) is 18.0 Å². The van der Waals surface area contributed by atoms with Crippen LogP contribution in [0.3, 0.4) is 0 Å². The van der Waals surface area contributed by atoms with Gasteiger partial charge in [-0.2, -0.15) is 0 Å². The summed E-state index contributed by atoms with van der Waals surface area (Å²) in [6.45, 7) is 1.65. The molecule has 3 heterocycles. The highest BCUT2D eigenvalue weighted by Gasteiger charge is 2.31. The lowest BCUT2D eigenvalue weighted by atomic mass is 9.97. The van der Waals surface area contributed by atoms with Crippen LogP contribution in [0.5, 0.6) is 0 Å². The van der Waals surface area contributed by atoms with E-state index >= 15 is 0 Å². The van der Waals surface area contributed by atoms with Crippen LogP contribution >= 0.6 is 0 Å². The summed E-state index contributed by atoms with van der Waals surface area (Å²) in [6, 6.07) is 12.8. The molecule has 0 bridgehead atoms. The van der Waals surface area contributed by atoms with Crippen LogP contribution in [-0.2, 0) is 4.79 Å². The summed E-state index contributed by atoms with van der Waals surface area (Å²) in [7, 11) is 0. The first-order chi connectivity index (χ1) is 13.3. The summed E-state index contributed by atoms with van der Waals surface area (Å²) in [5.41, 5.74) is 1.13. The van der Waals surface area contributed by atoms with Gasteiger partial charge in [0.05, 0.1) is 11.4 Å². The maximum Gasteiger partial charge on any atom is 0.225 e. The van der Waals surface area contributed by atoms with Gasteiger partial charge in [-0.1, -0.05) is 18.2 Å². The molecular weight excluding hydrogens is 338 g/mol. The van der Waals surface area contributed by atoms with Crippen LogP contribution in [0.15, 0.2) is 48.9 Å². The molecule has 1 saturated heterocycles. The summed E-state index contributed by atoms with van der Waals surface area (Å²) < 4.78 is 2.09. The minimum atomic E-state index is 0.0465. The lowest BCUT2D eigenvalue weighted by Gasteiger charge is -2.33. The van der Waals surface area contributed by atoms with Gasteiger partial charge in [-0.25, -0.2) is 9.97 Å². The van der Waals surface area contributed by atoms with Crippen LogP contribution < -0.4 is 10.2 Å². The van der Waals surface area contributed by atoms with Crippen LogP contribution in [0, 0.1) is 5.92 Å². The Bertz CT molecular complexity index is 977. The number of fused-ring (bicyclic) bond motifs is 1. The molecule has 1 atom stereocenters. The Hall–Kier alpha value is -2.89. The Balaban J connectivity index is 1.39. The van der Waals surface area contributed by atoms with Gasteiger partial charge >= 0.3 is 0 Å². The summed E-state index contributed by atoms with van der Waals surface area (Å²) >= 11 is 0. The van der Waals surface area contributed by atoms with Crippen molar-refractivity contribution in [3.63, 3.8) is 0 Å². The van der Waals surface area contributed by atoms with Crippen LogP contribution in [0.4, 0.5) is 5.82 Å². The first kappa shape index (κ1) is 16.3. The van der Waals surface area contributed by atoms with E-state index in [1.165, 1.54) is 5.39 Å². The van der Waals surface area contributed by atoms with Crippen molar-refractivity contribution in [3.05, 3.63) is 48.9 Å². The van der Waals surface area contributed by atoms with E-state index in [-0.39, 0.29) is 11.8 Å². The summed E-state index contributed by atoms with van der Waals surface area (Å²) in [5, 5.41) is 4.33. The number of rotatable bonds is 4. The van der Waals surface area contributed by atoms with Gasteiger partial charge in [0.25, 0.3) is 0 Å². The number of carbonyl (C=O) groups excluding carboxylic acids is 1. The average molecular weight is 361 g/mol. The second-order valence-corrected chi connectivity index (χ2v) is 7.55. The predicted molar refractivity (Wildman–Crippen MR) is 105 cm³/mol. The van der Waals surface area contributed by atoms with Crippen molar-refractivity contribution >= 4 is 22.6 Å². The molecule has 1 N–H and O–H groups in total. The van der Waals surface area contributed by atoms with E-state index in [9.17, 15) is 4.79 Å². The monoisotopic (exact) mass is 361 g/mol. The van der Waals surface area contributed by atoms with Crippen LogP contribution in [0.1, 0.15) is 25.7 Å². The van der Waals surface area contributed by atoms with Gasteiger partial charge in [0.2, 0.25) is 5.91 Å². The van der Waals surface area contributed by atoms with E-state index in [0.717, 1.165) is 55.9 Å². The smallest absolute Gasteiger partial charge is 0.225 e. The van der Waals surface area contributed by atoms with Crippen molar-refractivity contribution in [3.8, 4) is 5.82 Å². The molecule has 0 radical (unpaired) electrons. The number of aromatic nitrogens is 3. The number of hydrogen-bond donors (Lipinski definition) is 1.